The van der Waals surface area contributed by atoms with Gasteiger partial charge in [-0.15, -0.1) is 11.3 Å². The van der Waals surface area contributed by atoms with Crippen LogP contribution in [-0.2, 0) is 6.42 Å². The molecule has 2 unspecified atom stereocenters. The van der Waals surface area contributed by atoms with Gasteiger partial charge in [-0.25, -0.2) is 0 Å². The standard InChI is InChI=1S/C15H28N2S/c1-6-16-11-15(12(2)3)17(5)13(4)10-14-8-7-9-18-14/h7-9,12-13,15-16H,6,10-11H2,1-5H3. The van der Waals surface area contributed by atoms with Crippen molar-refractivity contribution in [2.24, 2.45) is 5.92 Å². The molecule has 0 radical (unpaired) electrons. The second-order valence-corrected chi connectivity index (χ2v) is 6.45. The summed E-state index contributed by atoms with van der Waals surface area (Å²) >= 11 is 1.86. The molecule has 1 aromatic heterocycles. The fourth-order valence-corrected chi connectivity index (χ4v) is 3.16. The van der Waals surface area contributed by atoms with Gasteiger partial charge in [-0.3, -0.25) is 4.90 Å². The highest BCUT2D eigenvalue weighted by Gasteiger charge is 2.22. The lowest BCUT2D eigenvalue weighted by atomic mass is 10.0. The van der Waals surface area contributed by atoms with Gasteiger partial charge in [0, 0.05) is 23.5 Å². The van der Waals surface area contributed by atoms with Crippen LogP contribution in [0.15, 0.2) is 17.5 Å². The molecule has 0 saturated carbocycles. The molecular formula is C15H28N2S. The third-order valence-electron chi connectivity index (χ3n) is 3.67. The largest absolute Gasteiger partial charge is 0.315 e. The fourth-order valence-electron chi connectivity index (χ4n) is 2.33. The van der Waals surface area contributed by atoms with E-state index < -0.39 is 0 Å². The van der Waals surface area contributed by atoms with Gasteiger partial charge in [0.25, 0.3) is 0 Å². The van der Waals surface area contributed by atoms with Crippen LogP contribution in [0.3, 0.4) is 0 Å². The van der Waals surface area contributed by atoms with Crippen LogP contribution < -0.4 is 5.32 Å². The first kappa shape index (κ1) is 15.7. The lowest BCUT2D eigenvalue weighted by molar-refractivity contribution is 0.142. The van der Waals surface area contributed by atoms with E-state index in [0.717, 1.165) is 19.5 Å². The molecule has 1 N–H and O–H groups in total. The topological polar surface area (TPSA) is 15.3 Å². The molecule has 3 heteroatoms. The summed E-state index contributed by atoms with van der Waals surface area (Å²) in [7, 11) is 2.26. The predicted octanol–water partition coefficient (Wildman–Crippen LogP) is 3.25. The van der Waals surface area contributed by atoms with E-state index in [1.54, 1.807) is 0 Å². The summed E-state index contributed by atoms with van der Waals surface area (Å²) in [4.78, 5) is 4.02. The number of thiophene rings is 1. The van der Waals surface area contributed by atoms with Gasteiger partial charge in [-0.2, -0.15) is 0 Å². The smallest absolute Gasteiger partial charge is 0.0243 e. The van der Waals surface area contributed by atoms with Crippen molar-refractivity contribution in [2.75, 3.05) is 20.1 Å². The molecule has 2 atom stereocenters. The van der Waals surface area contributed by atoms with Crippen LogP contribution in [0.2, 0.25) is 0 Å². The van der Waals surface area contributed by atoms with Crippen LogP contribution >= 0.6 is 11.3 Å². The van der Waals surface area contributed by atoms with Crippen molar-refractivity contribution in [1.82, 2.24) is 10.2 Å². The highest BCUT2D eigenvalue weighted by atomic mass is 32.1. The van der Waals surface area contributed by atoms with Crippen LogP contribution in [0.1, 0.15) is 32.6 Å². The Hall–Kier alpha value is -0.380. The molecule has 1 heterocycles. The van der Waals surface area contributed by atoms with Crippen molar-refractivity contribution in [3.63, 3.8) is 0 Å². The van der Waals surface area contributed by atoms with E-state index >= 15 is 0 Å². The normalized spacial score (nSPS) is 15.3. The van der Waals surface area contributed by atoms with Crippen LogP contribution in [0.5, 0.6) is 0 Å². The minimum atomic E-state index is 0.592. The maximum Gasteiger partial charge on any atom is 0.0243 e. The van der Waals surface area contributed by atoms with Gasteiger partial charge in [0.2, 0.25) is 0 Å². The number of nitrogens with one attached hydrogen (secondary N) is 1. The van der Waals surface area contributed by atoms with Crippen molar-refractivity contribution < 1.29 is 0 Å². The molecular weight excluding hydrogens is 240 g/mol. The van der Waals surface area contributed by atoms with Gasteiger partial charge in [0.15, 0.2) is 0 Å². The monoisotopic (exact) mass is 268 g/mol. The number of rotatable bonds is 8. The second kappa shape index (κ2) is 7.93. The van der Waals surface area contributed by atoms with Gasteiger partial charge in [0.05, 0.1) is 0 Å². The molecule has 0 fully saturated rings. The van der Waals surface area contributed by atoms with Crippen molar-refractivity contribution >= 4 is 11.3 Å². The SMILES string of the molecule is CCNCC(C(C)C)N(C)C(C)Cc1cccs1. The first-order valence-corrected chi connectivity index (χ1v) is 7.89. The summed E-state index contributed by atoms with van der Waals surface area (Å²) in [5.41, 5.74) is 0. The summed E-state index contributed by atoms with van der Waals surface area (Å²) in [6, 6.07) is 5.59. The van der Waals surface area contributed by atoms with Crippen molar-refractivity contribution in [2.45, 2.75) is 46.2 Å². The highest BCUT2D eigenvalue weighted by molar-refractivity contribution is 7.09. The first-order chi connectivity index (χ1) is 8.56. The third-order valence-corrected chi connectivity index (χ3v) is 4.57. The summed E-state index contributed by atoms with van der Waals surface area (Å²) < 4.78 is 0. The summed E-state index contributed by atoms with van der Waals surface area (Å²) in [5, 5.41) is 5.65. The van der Waals surface area contributed by atoms with E-state index in [1.165, 1.54) is 4.88 Å². The molecule has 0 spiro atoms. The van der Waals surface area contributed by atoms with Crippen molar-refractivity contribution in [1.29, 1.82) is 0 Å². The average molecular weight is 268 g/mol. The Morgan fingerprint density at radius 2 is 2.06 bits per heavy atom. The summed E-state index contributed by atoms with van der Waals surface area (Å²) in [5.74, 6) is 0.680. The summed E-state index contributed by atoms with van der Waals surface area (Å²) in [6.07, 6.45) is 1.16. The van der Waals surface area contributed by atoms with E-state index in [2.05, 4.69) is 62.5 Å². The van der Waals surface area contributed by atoms with E-state index in [1.807, 2.05) is 11.3 Å². The van der Waals surface area contributed by atoms with Crippen molar-refractivity contribution in [3.8, 4) is 0 Å². The quantitative estimate of drug-likeness (QED) is 0.778. The van der Waals surface area contributed by atoms with E-state index in [-0.39, 0.29) is 0 Å². The molecule has 104 valence electrons. The Morgan fingerprint density at radius 3 is 2.56 bits per heavy atom. The molecule has 0 aliphatic heterocycles. The number of likely N-dealkylation sites (N-methyl/N-ethyl adjacent to an activating group) is 2. The van der Waals surface area contributed by atoms with Gasteiger partial charge >= 0.3 is 0 Å². The fraction of sp³-hybridized carbons (Fsp3) is 0.733. The van der Waals surface area contributed by atoms with Crippen LogP contribution in [0, 0.1) is 5.92 Å². The molecule has 1 aromatic rings. The van der Waals surface area contributed by atoms with Crippen LogP contribution in [0.4, 0.5) is 0 Å². The molecule has 0 amide bonds. The van der Waals surface area contributed by atoms with E-state index in [9.17, 15) is 0 Å². The molecule has 18 heavy (non-hydrogen) atoms. The van der Waals surface area contributed by atoms with Gasteiger partial charge in [-0.05, 0) is 44.3 Å². The first-order valence-electron chi connectivity index (χ1n) is 7.01. The Balaban J connectivity index is 2.55. The van der Waals surface area contributed by atoms with Gasteiger partial charge in [-0.1, -0.05) is 26.8 Å². The predicted molar refractivity (Wildman–Crippen MR) is 82.4 cm³/mol. The molecule has 2 nitrogen and oxygen atoms in total. The van der Waals surface area contributed by atoms with Gasteiger partial charge in [0.1, 0.15) is 0 Å². The second-order valence-electron chi connectivity index (χ2n) is 5.42. The Bertz CT molecular complexity index is 308. The molecule has 1 rings (SSSR count). The molecule has 0 aromatic carbocycles. The lowest BCUT2D eigenvalue weighted by Crippen LogP contribution is -2.48. The Morgan fingerprint density at radius 1 is 1.33 bits per heavy atom. The summed E-state index contributed by atoms with van der Waals surface area (Å²) in [6.45, 7) is 11.3. The Kier molecular flexibility index (Phi) is 6.90. The van der Waals surface area contributed by atoms with E-state index in [0.29, 0.717) is 18.0 Å². The maximum atomic E-state index is 3.49. The zero-order valence-corrected chi connectivity index (χ0v) is 13.3. The minimum absolute atomic E-state index is 0.592. The zero-order chi connectivity index (χ0) is 13.5. The highest BCUT2D eigenvalue weighted by Crippen LogP contribution is 2.17. The van der Waals surface area contributed by atoms with Gasteiger partial charge < -0.3 is 5.32 Å². The Labute approximate surface area is 116 Å². The number of hydrogen-bond donors (Lipinski definition) is 1. The third kappa shape index (κ3) is 4.71. The minimum Gasteiger partial charge on any atom is -0.315 e. The lowest BCUT2D eigenvalue weighted by Gasteiger charge is -2.36. The average Bonchev–Trinajstić information content (AvgIpc) is 2.81. The van der Waals surface area contributed by atoms with Crippen LogP contribution in [-0.4, -0.2) is 37.1 Å². The maximum absolute atomic E-state index is 3.49. The van der Waals surface area contributed by atoms with E-state index in [4.69, 9.17) is 0 Å². The molecule has 0 aliphatic rings. The van der Waals surface area contributed by atoms with Crippen molar-refractivity contribution in [3.05, 3.63) is 22.4 Å². The zero-order valence-electron chi connectivity index (χ0n) is 12.4. The molecule has 0 aliphatic carbocycles. The number of hydrogen-bond acceptors (Lipinski definition) is 3. The molecule has 0 saturated heterocycles. The molecule has 0 bridgehead atoms. The number of nitrogens with zero attached hydrogens (tertiary/aromatic N) is 1. The van der Waals surface area contributed by atoms with Crippen LogP contribution in [0.25, 0.3) is 0 Å².